The van der Waals surface area contributed by atoms with Gasteiger partial charge in [0.25, 0.3) is 0 Å². The van der Waals surface area contributed by atoms with Crippen molar-refractivity contribution in [3.63, 3.8) is 0 Å². The Balaban J connectivity index is 1.17. The van der Waals surface area contributed by atoms with Crippen molar-refractivity contribution >= 4 is 43.6 Å². The van der Waals surface area contributed by atoms with E-state index in [-0.39, 0.29) is 0 Å². The van der Waals surface area contributed by atoms with Gasteiger partial charge < -0.3 is 9.13 Å². The first-order chi connectivity index (χ1) is 24.7. The SMILES string of the molecule is N#Cc1ccc2c(c1)c1ccccc1n2-c1ccc(-c2ccc(-c3cccc(C#N)c3-n3c4ccccc4c4ccccc43)c(C#N)c2)cc1. The molecule has 5 nitrogen and oxygen atoms in total. The van der Waals surface area contributed by atoms with E-state index in [0.717, 1.165) is 77.2 Å². The largest absolute Gasteiger partial charge is 0.309 e. The lowest BCUT2D eigenvalue weighted by molar-refractivity contribution is 1.17. The van der Waals surface area contributed by atoms with E-state index in [2.05, 4.69) is 88.0 Å². The van der Waals surface area contributed by atoms with Gasteiger partial charge in [-0.25, -0.2) is 0 Å². The van der Waals surface area contributed by atoms with Crippen molar-refractivity contribution in [1.82, 2.24) is 9.13 Å². The number of nitrogens with zero attached hydrogens (tertiary/aromatic N) is 5. The number of nitriles is 3. The summed E-state index contributed by atoms with van der Waals surface area (Å²) in [7, 11) is 0. The van der Waals surface area contributed by atoms with Gasteiger partial charge in [0, 0.05) is 38.4 Å². The molecule has 0 bridgehead atoms. The van der Waals surface area contributed by atoms with Crippen LogP contribution < -0.4 is 0 Å². The highest BCUT2D eigenvalue weighted by molar-refractivity contribution is 6.11. The molecule has 0 amide bonds. The van der Waals surface area contributed by atoms with Gasteiger partial charge in [0.1, 0.15) is 6.07 Å². The minimum Gasteiger partial charge on any atom is -0.309 e. The predicted molar refractivity (Wildman–Crippen MR) is 200 cm³/mol. The molecule has 0 aliphatic carbocycles. The van der Waals surface area contributed by atoms with Crippen LogP contribution in [-0.4, -0.2) is 9.13 Å². The van der Waals surface area contributed by atoms with Gasteiger partial charge in [0.15, 0.2) is 0 Å². The molecule has 50 heavy (non-hydrogen) atoms. The molecule has 0 aliphatic rings. The molecular weight excluding hydrogens is 611 g/mol. The van der Waals surface area contributed by atoms with Gasteiger partial charge in [-0.05, 0) is 71.8 Å². The second kappa shape index (κ2) is 11.4. The number of aromatic nitrogens is 2. The molecule has 0 aliphatic heterocycles. The number of hydrogen-bond acceptors (Lipinski definition) is 3. The maximum atomic E-state index is 10.5. The molecular formula is C45H25N5. The average molecular weight is 636 g/mol. The Morgan fingerprint density at radius 2 is 0.960 bits per heavy atom. The molecule has 0 radical (unpaired) electrons. The Labute approximate surface area is 287 Å². The Morgan fingerprint density at radius 1 is 0.380 bits per heavy atom. The Kier molecular flexibility index (Phi) is 6.56. The van der Waals surface area contributed by atoms with Crippen LogP contribution in [0, 0.1) is 34.0 Å². The third-order valence-corrected chi connectivity index (χ3v) is 9.65. The number of benzene rings is 7. The monoisotopic (exact) mass is 635 g/mol. The van der Waals surface area contributed by atoms with Crippen LogP contribution in [0.4, 0.5) is 0 Å². The van der Waals surface area contributed by atoms with E-state index in [9.17, 15) is 15.8 Å². The molecule has 2 aromatic heterocycles. The van der Waals surface area contributed by atoms with Crippen molar-refractivity contribution in [2.75, 3.05) is 0 Å². The van der Waals surface area contributed by atoms with E-state index < -0.39 is 0 Å². The summed E-state index contributed by atoms with van der Waals surface area (Å²) >= 11 is 0. The number of hydrogen-bond donors (Lipinski definition) is 0. The van der Waals surface area contributed by atoms with E-state index in [0.29, 0.717) is 16.7 Å². The summed E-state index contributed by atoms with van der Waals surface area (Å²) < 4.78 is 4.37. The van der Waals surface area contributed by atoms with Crippen LogP contribution in [0.15, 0.2) is 152 Å². The third kappa shape index (κ3) is 4.31. The zero-order chi connectivity index (χ0) is 33.8. The minimum absolute atomic E-state index is 0.527. The number of rotatable bonds is 4. The fourth-order valence-electron chi connectivity index (χ4n) is 7.43. The summed E-state index contributed by atoms with van der Waals surface area (Å²) in [5.41, 5.74) is 11.1. The topological polar surface area (TPSA) is 81.2 Å². The van der Waals surface area contributed by atoms with Gasteiger partial charge in [-0.1, -0.05) is 91.0 Å². The normalized spacial score (nSPS) is 11.1. The van der Waals surface area contributed by atoms with Crippen molar-refractivity contribution < 1.29 is 0 Å². The van der Waals surface area contributed by atoms with Gasteiger partial charge in [-0.15, -0.1) is 0 Å². The highest BCUT2D eigenvalue weighted by atomic mass is 15.0. The first kappa shape index (κ1) is 28.8. The lowest BCUT2D eigenvalue weighted by Gasteiger charge is -2.17. The first-order valence-corrected chi connectivity index (χ1v) is 16.3. The summed E-state index contributed by atoms with van der Waals surface area (Å²) in [6, 6.07) is 57.7. The maximum Gasteiger partial charge on any atom is 0.101 e. The molecule has 7 aromatic carbocycles. The van der Waals surface area contributed by atoms with E-state index in [4.69, 9.17) is 0 Å². The van der Waals surface area contributed by atoms with Crippen LogP contribution >= 0.6 is 0 Å². The second-order valence-electron chi connectivity index (χ2n) is 12.3. The highest BCUT2D eigenvalue weighted by Crippen LogP contribution is 2.40. The zero-order valence-electron chi connectivity index (χ0n) is 26.7. The van der Waals surface area contributed by atoms with Gasteiger partial charge in [0.2, 0.25) is 0 Å². The fourth-order valence-corrected chi connectivity index (χ4v) is 7.43. The Hall–Kier alpha value is -7.39. The average Bonchev–Trinajstić information content (AvgIpc) is 3.70. The summed E-state index contributed by atoms with van der Waals surface area (Å²) in [6.07, 6.45) is 0. The molecule has 0 atom stereocenters. The van der Waals surface area contributed by atoms with Crippen molar-refractivity contribution in [2.24, 2.45) is 0 Å². The second-order valence-corrected chi connectivity index (χ2v) is 12.3. The molecule has 0 spiro atoms. The van der Waals surface area contributed by atoms with Crippen LogP contribution in [0.1, 0.15) is 16.7 Å². The number of fused-ring (bicyclic) bond motifs is 6. The molecule has 230 valence electrons. The van der Waals surface area contributed by atoms with Crippen molar-refractivity contribution in [3.8, 4) is 51.8 Å². The van der Waals surface area contributed by atoms with Crippen LogP contribution in [0.2, 0.25) is 0 Å². The van der Waals surface area contributed by atoms with Crippen LogP contribution in [0.3, 0.4) is 0 Å². The summed E-state index contributed by atoms with van der Waals surface area (Å²) in [4.78, 5) is 0. The van der Waals surface area contributed by atoms with Crippen LogP contribution in [0.5, 0.6) is 0 Å². The molecule has 0 N–H and O–H groups in total. The van der Waals surface area contributed by atoms with Gasteiger partial charge in [-0.3, -0.25) is 0 Å². The molecule has 5 heteroatoms. The van der Waals surface area contributed by atoms with Crippen molar-refractivity contribution in [3.05, 3.63) is 168 Å². The smallest absolute Gasteiger partial charge is 0.101 e. The lowest BCUT2D eigenvalue weighted by atomic mass is 9.93. The molecule has 0 unspecified atom stereocenters. The summed E-state index contributed by atoms with van der Waals surface area (Å²) in [5.74, 6) is 0. The molecule has 0 saturated carbocycles. The third-order valence-electron chi connectivity index (χ3n) is 9.65. The zero-order valence-corrected chi connectivity index (χ0v) is 26.7. The van der Waals surface area contributed by atoms with Crippen molar-refractivity contribution in [1.29, 1.82) is 15.8 Å². The van der Waals surface area contributed by atoms with Gasteiger partial charge in [0.05, 0.1) is 56.6 Å². The van der Waals surface area contributed by atoms with Crippen LogP contribution in [-0.2, 0) is 0 Å². The van der Waals surface area contributed by atoms with Crippen molar-refractivity contribution in [2.45, 2.75) is 0 Å². The Bertz CT molecular complexity index is 2900. The lowest BCUT2D eigenvalue weighted by Crippen LogP contribution is -2.01. The summed E-state index contributed by atoms with van der Waals surface area (Å²) in [6.45, 7) is 0. The quantitative estimate of drug-likeness (QED) is 0.193. The number of para-hydroxylation sites is 4. The first-order valence-electron chi connectivity index (χ1n) is 16.3. The van der Waals surface area contributed by atoms with E-state index >= 15 is 0 Å². The molecule has 0 saturated heterocycles. The molecule has 9 aromatic rings. The standard InChI is InChI=1S/C45H25N5/c46-26-29-16-23-44-40(24-29)38-11-3-4-13-41(38)49(44)34-20-17-30(18-21-34)31-19-22-35(33(25-31)28-48)39-12-7-8-32(27-47)45(39)50-42-14-5-1-9-36(42)37-10-2-6-15-43(37)50/h1-25H. The predicted octanol–water partition coefficient (Wildman–Crippen LogP) is 10.8. The highest BCUT2D eigenvalue weighted by Gasteiger charge is 2.20. The van der Waals surface area contributed by atoms with Gasteiger partial charge in [-0.2, -0.15) is 15.8 Å². The van der Waals surface area contributed by atoms with Gasteiger partial charge >= 0.3 is 0 Å². The maximum absolute atomic E-state index is 10.5. The summed E-state index contributed by atoms with van der Waals surface area (Å²) in [5, 5.41) is 34.7. The Morgan fingerprint density at radius 3 is 1.60 bits per heavy atom. The van der Waals surface area contributed by atoms with Crippen LogP contribution in [0.25, 0.3) is 77.2 Å². The van der Waals surface area contributed by atoms with E-state index in [1.807, 2.05) is 91.0 Å². The molecule has 9 rings (SSSR count). The van der Waals surface area contributed by atoms with E-state index in [1.165, 1.54) is 0 Å². The van der Waals surface area contributed by atoms with E-state index in [1.54, 1.807) is 0 Å². The molecule has 2 heterocycles. The molecule has 0 fully saturated rings. The fraction of sp³-hybridized carbons (Fsp3) is 0. The minimum atomic E-state index is 0.527.